The summed E-state index contributed by atoms with van der Waals surface area (Å²) < 4.78 is 0. The number of hydrogen-bond donors (Lipinski definition) is 0. The zero-order valence-electron chi connectivity index (χ0n) is 9.80. The average molecular weight is 293 g/mol. The van der Waals surface area contributed by atoms with Crippen molar-refractivity contribution in [3.63, 3.8) is 0 Å². The molecule has 0 radical (unpaired) electrons. The molecule has 0 spiro atoms. The van der Waals surface area contributed by atoms with E-state index in [-0.39, 0.29) is 24.1 Å². The van der Waals surface area contributed by atoms with E-state index >= 15 is 0 Å². The number of carbonyl (C=O) groups is 2. The number of thioether (sulfide) groups is 1. The lowest BCUT2D eigenvalue weighted by atomic mass is 10.2. The number of rotatable bonds is 3. The van der Waals surface area contributed by atoms with Crippen molar-refractivity contribution in [3.8, 4) is 6.07 Å². The first-order chi connectivity index (χ1) is 9.11. The van der Waals surface area contributed by atoms with Crippen molar-refractivity contribution in [2.45, 2.75) is 6.42 Å². The Kier molecular flexibility index (Phi) is 4.25. The van der Waals surface area contributed by atoms with Crippen molar-refractivity contribution in [2.24, 2.45) is 0 Å². The highest BCUT2D eigenvalue weighted by atomic mass is 35.5. The van der Waals surface area contributed by atoms with Gasteiger partial charge in [-0.15, -0.1) is 0 Å². The number of halogens is 1. The van der Waals surface area contributed by atoms with Gasteiger partial charge in [0.15, 0.2) is 0 Å². The zero-order valence-corrected chi connectivity index (χ0v) is 11.4. The molecule has 4 nitrogen and oxygen atoms in total. The Morgan fingerprint density at radius 2 is 2.00 bits per heavy atom. The van der Waals surface area contributed by atoms with Crippen molar-refractivity contribution in [1.82, 2.24) is 4.90 Å². The summed E-state index contributed by atoms with van der Waals surface area (Å²) >= 11 is 6.66. The first kappa shape index (κ1) is 13.7. The van der Waals surface area contributed by atoms with Gasteiger partial charge >= 0.3 is 0 Å². The van der Waals surface area contributed by atoms with Crippen LogP contribution in [0.2, 0.25) is 5.02 Å². The minimum atomic E-state index is -0.347. The topological polar surface area (TPSA) is 61.2 Å². The van der Waals surface area contributed by atoms with Crippen molar-refractivity contribution in [3.05, 3.63) is 39.8 Å². The number of nitrogens with zero attached hydrogens (tertiary/aromatic N) is 2. The third-order valence-electron chi connectivity index (χ3n) is 2.49. The Bertz CT molecular complexity index is 590. The second kappa shape index (κ2) is 5.91. The molecule has 19 heavy (non-hydrogen) atoms. The average Bonchev–Trinajstić information content (AvgIpc) is 2.65. The van der Waals surface area contributed by atoms with Gasteiger partial charge in [-0.05, 0) is 35.5 Å². The van der Waals surface area contributed by atoms with Crippen LogP contribution in [0, 0.1) is 11.3 Å². The fraction of sp³-hybridized carbons (Fsp3) is 0.154. The van der Waals surface area contributed by atoms with Gasteiger partial charge in [0, 0.05) is 11.6 Å². The molecule has 1 aromatic carbocycles. The van der Waals surface area contributed by atoms with E-state index in [0.29, 0.717) is 9.93 Å². The van der Waals surface area contributed by atoms with E-state index in [2.05, 4.69) is 0 Å². The van der Waals surface area contributed by atoms with E-state index in [4.69, 9.17) is 16.9 Å². The van der Waals surface area contributed by atoms with Crippen LogP contribution in [0.3, 0.4) is 0 Å². The number of carbonyl (C=O) groups excluding carboxylic acids is 2. The minimum Gasteiger partial charge on any atom is -0.268 e. The standard InChI is InChI=1S/C13H9ClN2O2S/c14-10-4-2-9(3-5-10)8-11-12(17)16(7-1-6-15)13(18)19-11/h2-5,8H,1,7H2/b11-8-. The normalized spacial score (nSPS) is 17.1. The highest BCUT2D eigenvalue weighted by molar-refractivity contribution is 8.18. The fourth-order valence-corrected chi connectivity index (χ4v) is 2.56. The van der Waals surface area contributed by atoms with Crippen LogP contribution in [-0.4, -0.2) is 22.6 Å². The summed E-state index contributed by atoms with van der Waals surface area (Å²) in [5, 5.41) is 8.77. The number of nitriles is 1. The second-order valence-electron chi connectivity index (χ2n) is 3.79. The van der Waals surface area contributed by atoms with Gasteiger partial charge in [0.25, 0.3) is 11.1 Å². The van der Waals surface area contributed by atoms with E-state index in [0.717, 1.165) is 22.2 Å². The quantitative estimate of drug-likeness (QED) is 0.802. The highest BCUT2D eigenvalue weighted by Gasteiger charge is 2.34. The van der Waals surface area contributed by atoms with Crippen LogP contribution in [0.4, 0.5) is 4.79 Å². The highest BCUT2D eigenvalue weighted by Crippen LogP contribution is 2.32. The van der Waals surface area contributed by atoms with E-state index in [9.17, 15) is 9.59 Å². The molecule has 96 valence electrons. The molecule has 1 fully saturated rings. The van der Waals surface area contributed by atoms with Crippen molar-refractivity contribution in [2.75, 3.05) is 6.54 Å². The van der Waals surface area contributed by atoms with Gasteiger partial charge in [0.1, 0.15) is 0 Å². The SMILES string of the molecule is N#CCCN1C(=O)S/C(=C\c2ccc(Cl)cc2)C1=O. The van der Waals surface area contributed by atoms with Crippen LogP contribution >= 0.6 is 23.4 Å². The van der Waals surface area contributed by atoms with Gasteiger partial charge in [0.2, 0.25) is 0 Å². The Hall–Kier alpha value is -1.77. The number of amides is 2. The summed E-state index contributed by atoms with van der Waals surface area (Å²) in [4.78, 5) is 25.1. The lowest BCUT2D eigenvalue weighted by molar-refractivity contribution is -0.122. The van der Waals surface area contributed by atoms with Crippen LogP contribution in [-0.2, 0) is 4.79 Å². The largest absolute Gasteiger partial charge is 0.293 e. The van der Waals surface area contributed by atoms with Crippen LogP contribution in [0.5, 0.6) is 0 Å². The summed E-state index contributed by atoms with van der Waals surface area (Å²) in [6, 6.07) is 8.89. The summed E-state index contributed by atoms with van der Waals surface area (Å²) in [6.45, 7) is 0.138. The Morgan fingerprint density at radius 1 is 1.32 bits per heavy atom. The smallest absolute Gasteiger partial charge is 0.268 e. The predicted molar refractivity (Wildman–Crippen MR) is 74.4 cm³/mol. The van der Waals surface area contributed by atoms with E-state index < -0.39 is 0 Å². The summed E-state index contributed by atoms with van der Waals surface area (Å²) in [7, 11) is 0. The molecule has 1 aliphatic heterocycles. The number of benzene rings is 1. The molecule has 0 aromatic heterocycles. The first-order valence-electron chi connectivity index (χ1n) is 5.49. The van der Waals surface area contributed by atoms with Gasteiger partial charge in [-0.3, -0.25) is 14.5 Å². The Labute approximate surface area is 119 Å². The lowest BCUT2D eigenvalue weighted by Crippen LogP contribution is -2.28. The number of hydrogen-bond acceptors (Lipinski definition) is 4. The molecule has 1 saturated heterocycles. The zero-order chi connectivity index (χ0) is 13.8. The van der Waals surface area contributed by atoms with Crippen molar-refractivity contribution in [1.29, 1.82) is 5.26 Å². The van der Waals surface area contributed by atoms with E-state index in [1.165, 1.54) is 0 Å². The molecule has 2 amide bonds. The summed E-state index contributed by atoms with van der Waals surface area (Å²) in [6.07, 6.45) is 1.79. The van der Waals surface area contributed by atoms with Crippen LogP contribution in [0.1, 0.15) is 12.0 Å². The number of imide groups is 1. The molecule has 0 atom stereocenters. The third kappa shape index (κ3) is 3.16. The van der Waals surface area contributed by atoms with Gasteiger partial charge in [0.05, 0.1) is 17.4 Å². The molecular weight excluding hydrogens is 284 g/mol. The summed E-state index contributed by atoms with van der Waals surface area (Å²) in [5.41, 5.74) is 0.801. The molecule has 0 saturated carbocycles. The van der Waals surface area contributed by atoms with Crippen LogP contribution < -0.4 is 0 Å². The Morgan fingerprint density at radius 3 is 2.63 bits per heavy atom. The van der Waals surface area contributed by atoms with Crippen molar-refractivity contribution >= 4 is 40.6 Å². The molecule has 1 aliphatic rings. The molecular formula is C13H9ClN2O2S. The third-order valence-corrected chi connectivity index (χ3v) is 3.65. The molecule has 0 unspecified atom stereocenters. The lowest BCUT2D eigenvalue weighted by Gasteiger charge is -2.08. The second-order valence-corrected chi connectivity index (χ2v) is 5.22. The van der Waals surface area contributed by atoms with E-state index in [1.54, 1.807) is 30.3 Å². The monoisotopic (exact) mass is 292 g/mol. The van der Waals surface area contributed by atoms with E-state index in [1.807, 2.05) is 6.07 Å². The molecule has 0 bridgehead atoms. The molecule has 0 N–H and O–H groups in total. The molecule has 0 aliphatic carbocycles. The summed E-state index contributed by atoms with van der Waals surface area (Å²) in [5.74, 6) is -0.347. The first-order valence-corrected chi connectivity index (χ1v) is 6.69. The van der Waals surface area contributed by atoms with Gasteiger partial charge in [-0.1, -0.05) is 23.7 Å². The molecule has 1 heterocycles. The van der Waals surface area contributed by atoms with Gasteiger partial charge in [-0.25, -0.2) is 0 Å². The van der Waals surface area contributed by atoms with Gasteiger partial charge in [-0.2, -0.15) is 5.26 Å². The molecule has 1 aromatic rings. The maximum absolute atomic E-state index is 12.0. The fourth-order valence-electron chi connectivity index (χ4n) is 1.56. The maximum Gasteiger partial charge on any atom is 0.293 e. The predicted octanol–water partition coefficient (Wildman–Crippen LogP) is 3.29. The van der Waals surface area contributed by atoms with Crippen LogP contribution in [0.15, 0.2) is 29.2 Å². The van der Waals surface area contributed by atoms with Gasteiger partial charge < -0.3 is 0 Å². The molecule has 6 heteroatoms. The molecule has 2 rings (SSSR count). The minimum absolute atomic E-state index is 0.138. The van der Waals surface area contributed by atoms with Crippen LogP contribution in [0.25, 0.3) is 6.08 Å². The maximum atomic E-state index is 12.0. The van der Waals surface area contributed by atoms with Crippen molar-refractivity contribution < 1.29 is 9.59 Å². The Balaban J connectivity index is 2.18.